The largest absolute Gasteiger partial charge is 0.206 e. The Hall–Kier alpha value is -1.77. The van der Waals surface area contributed by atoms with E-state index < -0.39 is 11.6 Å². The molecule has 0 radical (unpaired) electrons. The number of rotatable bonds is 3. The van der Waals surface area contributed by atoms with Crippen molar-refractivity contribution < 1.29 is 13.2 Å². The zero-order chi connectivity index (χ0) is 18.3. The topological polar surface area (TPSA) is 0 Å². The van der Waals surface area contributed by atoms with E-state index in [2.05, 4.69) is 6.92 Å². The zero-order valence-electron chi connectivity index (χ0n) is 15.2. The van der Waals surface area contributed by atoms with Crippen LogP contribution in [0, 0.1) is 29.3 Å². The summed E-state index contributed by atoms with van der Waals surface area (Å²) in [5.41, 5.74) is 2.72. The average molecular weight is 358 g/mol. The van der Waals surface area contributed by atoms with Gasteiger partial charge >= 0.3 is 0 Å². The van der Waals surface area contributed by atoms with E-state index in [4.69, 9.17) is 0 Å². The summed E-state index contributed by atoms with van der Waals surface area (Å²) >= 11 is 0. The Morgan fingerprint density at radius 3 is 2.58 bits per heavy atom. The molecule has 2 aromatic rings. The predicted molar refractivity (Wildman–Crippen MR) is 98.6 cm³/mol. The summed E-state index contributed by atoms with van der Waals surface area (Å²) in [6.07, 6.45) is 7.98. The van der Waals surface area contributed by atoms with Gasteiger partial charge in [0.15, 0.2) is 11.6 Å². The lowest BCUT2D eigenvalue weighted by Gasteiger charge is -2.41. The fraction of sp³-hybridized carbons (Fsp3) is 0.478. The third-order valence-corrected chi connectivity index (χ3v) is 6.46. The molecular formula is C23H25F3. The highest BCUT2D eigenvalue weighted by Crippen LogP contribution is 2.49. The fourth-order valence-electron chi connectivity index (χ4n) is 5.21. The molecule has 0 aromatic heterocycles. The standard InChI is InChI=1S/C23H25F3/c1-2-3-14-4-7-17-15(12-14)5-8-20-19(17)10-9-18(23(20)26)16-6-11-21(24)22(25)13-16/h6,9-11,13-15,17H,2-5,7-8,12H2,1H3/t14-,15-,17+/m1/s1. The highest BCUT2D eigenvalue weighted by Gasteiger charge is 2.36. The molecule has 2 aromatic carbocycles. The minimum Gasteiger partial charge on any atom is -0.206 e. The lowest BCUT2D eigenvalue weighted by atomic mass is 9.64. The Kier molecular flexibility index (Phi) is 4.81. The van der Waals surface area contributed by atoms with Crippen molar-refractivity contribution in [2.24, 2.45) is 11.8 Å². The van der Waals surface area contributed by atoms with E-state index in [1.165, 1.54) is 31.7 Å². The molecule has 26 heavy (non-hydrogen) atoms. The lowest BCUT2D eigenvalue weighted by molar-refractivity contribution is 0.200. The number of benzene rings is 2. The molecule has 4 rings (SSSR count). The molecule has 1 fully saturated rings. The van der Waals surface area contributed by atoms with Crippen LogP contribution in [-0.4, -0.2) is 0 Å². The Balaban J connectivity index is 1.66. The van der Waals surface area contributed by atoms with Crippen molar-refractivity contribution in [3.05, 3.63) is 58.9 Å². The van der Waals surface area contributed by atoms with Crippen LogP contribution in [0.4, 0.5) is 13.2 Å². The Labute approximate surface area is 153 Å². The molecule has 0 N–H and O–H groups in total. The minimum atomic E-state index is -0.936. The van der Waals surface area contributed by atoms with Gasteiger partial charge in [0.05, 0.1) is 0 Å². The monoisotopic (exact) mass is 358 g/mol. The van der Waals surface area contributed by atoms with Gasteiger partial charge in [-0.2, -0.15) is 0 Å². The third kappa shape index (κ3) is 3.06. The first kappa shape index (κ1) is 17.6. The molecule has 0 unspecified atom stereocenters. The second kappa shape index (κ2) is 7.09. The van der Waals surface area contributed by atoms with Crippen LogP contribution in [0.1, 0.15) is 62.5 Å². The fourth-order valence-corrected chi connectivity index (χ4v) is 5.21. The minimum absolute atomic E-state index is 0.248. The van der Waals surface area contributed by atoms with Crippen LogP contribution in [0.15, 0.2) is 30.3 Å². The normalized spacial score (nSPS) is 24.8. The molecule has 3 heteroatoms. The summed E-state index contributed by atoms with van der Waals surface area (Å²) < 4.78 is 42.0. The molecule has 0 aliphatic heterocycles. The van der Waals surface area contributed by atoms with Crippen molar-refractivity contribution in [2.45, 2.75) is 57.8 Å². The van der Waals surface area contributed by atoms with Crippen LogP contribution in [0.2, 0.25) is 0 Å². The van der Waals surface area contributed by atoms with E-state index in [9.17, 15) is 8.78 Å². The van der Waals surface area contributed by atoms with Gasteiger partial charge in [-0.15, -0.1) is 0 Å². The molecule has 0 amide bonds. The molecule has 138 valence electrons. The summed E-state index contributed by atoms with van der Waals surface area (Å²) in [6.45, 7) is 2.25. The second-order valence-electron chi connectivity index (χ2n) is 8.00. The molecule has 0 saturated heterocycles. The summed E-state index contributed by atoms with van der Waals surface area (Å²) in [5, 5.41) is 0. The number of hydrogen-bond donors (Lipinski definition) is 0. The lowest BCUT2D eigenvalue weighted by Crippen LogP contribution is -2.28. The van der Waals surface area contributed by atoms with Gasteiger partial charge in [-0.1, -0.05) is 38.0 Å². The van der Waals surface area contributed by atoms with E-state index in [0.717, 1.165) is 48.4 Å². The highest BCUT2D eigenvalue weighted by molar-refractivity contribution is 5.66. The van der Waals surface area contributed by atoms with Crippen LogP contribution in [0.3, 0.4) is 0 Å². The van der Waals surface area contributed by atoms with E-state index in [0.29, 0.717) is 23.0 Å². The van der Waals surface area contributed by atoms with Crippen LogP contribution in [-0.2, 0) is 6.42 Å². The van der Waals surface area contributed by atoms with Crippen molar-refractivity contribution in [3.8, 4) is 11.1 Å². The average Bonchev–Trinajstić information content (AvgIpc) is 2.64. The Bertz CT molecular complexity index is 811. The maximum absolute atomic E-state index is 15.2. The van der Waals surface area contributed by atoms with Gasteiger partial charge in [0, 0.05) is 5.56 Å². The number of hydrogen-bond acceptors (Lipinski definition) is 0. The van der Waals surface area contributed by atoms with Gasteiger partial charge in [-0.3, -0.25) is 0 Å². The first-order chi connectivity index (χ1) is 12.6. The van der Waals surface area contributed by atoms with E-state index >= 15 is 4.39 Å². The molecule has 2 aliphatic carbocycles. The molecular weight excluding hydrogens is 333 g/mol. The molecule has 1 saturated carbocycles. The molecule has 0 spiro atoms. The van der Waals surface area contributed by atoms with Crippen LogP contribution in [0.25, 0.3) is 11.1 Å². The van der Waals surface area contributed by atoms with E-state index in [1.807, 2.05) is 6.07 Å². The smallest absolute Gasteiger partial charge is 0.159 e. The maximum atomic E-state index is 15.2. The molecule has 2 aliphatic rings. The quantitative estimate of drug-likeness (QED) is 0.553. The van der Waals surface area contributed by atoms with Gasteiger partial charge in [0.2, 0.25) is 0 Å². The first-order valence-corrected chi connectivity index (χ1v) is 9.85. The van der Waals surface area contributed by atoms with Crippen LogP contribution >= 0.6 is 0 Å². The zero-order valence-corrected chi connectivity index (χ0v) is 15.2. The van der Waals surface area contributed by atoms with E-state index in [1.54, 1.807) is 6.07 Å². The van der Waals surface area contributed by atoms with Crippen molar-refractivity contribution in [2.75, 3.05) is 0 Å². The number of fused-ring (bicyclic) bond motifs is 3. The SMILES string of the molecule is CCC[C@@H]1CC[C@@H]2c3ccc(-c4ccc(F)c(F)c4)c(F)c3CC[C@@H]2C1. The first-order valence-electron chi connectivity index (χ1n) is 9.85. The van der Waals surface area contributed by atoms with Gasteiger partial charge in [-0.05, 0) is 78.7 Å². The maximum Gasteiger partial charge on any atom is 0.159 e. The molecule has 3 atom stereocenters. The summed E-state index contributed by atoms with van der Waals surface area (Å²) in [6, 6.07) is 7.38. The van der Waals surface area contributed by atoms with Gasteiger partial charge in [0.25, 0.3) is 0 Å². The van der Waals surface area contributed by atoms with Crippen molar-refractivity contribution in [3.63, 3.8) is 0 Å². The molecule has 0 heterocycles. The molecule has 0 nitrogen and oxygen atoms in total. The van der Waals surface area contributed by atoms with Gasteiger partial charge in [0.1, 0.15) is 5.82 Å². The van der Waals surface area contributed by atoms with Crippen molar-refractivity contribution in [1.29, 1.82) is 0 Å². The van der Waals surface area contributed by atoms with Crippen molar-refractivity contribution in [1.82, 2.24) is 0 Å². The second-order valence-corrected chi connectivity index (χ2v) is 8.00. The van der Waals surface area contributed by atoms with E-state index in [-0.39, 0.29) is 5.82 Å². The van der Waals surface area contributed by atoms with Crippen LogP contribution in [0.5, 0.6) is 0 Å². The summed E-state index contributed by atoms with van der Waals surface area (Å²) in [4.78, 5) is 0. The number of halogens is 3. The van der Waals surface area contributed by atoms with Crippen molar-refractivity contribution >= 4 is 0 Å². The highest BCUT2D eigenvalue weighted by atomic mass is 19.2. The summed E-state index contributed by atoms with van der Waals surface area (Å²) in [7, 11) is 0. The Morgan fingerprint density at radius 2 is 1.81 bits per heavy atom. The van der Waals surface area contributed by atoms with Gasteiger partial charge in [-0.25, -0.2) is 13.2 Å². The Morgan fingerprint density at radius 1 is 0.962 bits per heavy atom. The summed E-state index contributed by atoms with van der Waals surface area (Å²) in [5.74, 6) is -0.133. The third-order valence-electron chi connectivity index (χ3n) is 6.46. The predicted octanol–water partition coefficient (Wildman–Crippen LogP) is 7.02. The van der Waals surface area contributed by atoms with Crippen LogP contribution < -0.4 is 0 Å². The molecule has 0 bridgehead atoms. The van der Waals surface area contributed by atoms with Gasteiger partial charge < -0.3 is 0 Å².